The van der Waals surface area contributed by atoms with Gasteiger partial charge in [-0.15, -0.1) is 0 Å². The molecular formula is C15H25N3O2S. The van der Waals surface area contributed by atoms with Crippen LogP contribution in [0.4, 0.5) is 0 Å². The lowest BCUT2D eigenvalue weighted by atomic mass is 9.95. The molecule has 0 aliphatic carbocycles. The standard InChI is InChI=1S/C15H25N3O2S/c1-12(2)11-18(3)21(19,20)17-10-15-14-7-5-4-6-13(14)8-9-16-15/h4-7,12,15-17H,8-11H2,1-3H3. The van der Waals surface area contributed by atoms with Gasteiger partial charge in [-0.3, -0.25) is 0 Å². The van der Waals surface area contributed by atoms with Crippen LogP contribution < -0.4 is 10.0 Å². The Bertz CT molecular complexity index is 572. The Balaban J connectivity index is 2.01. The van der Waals surface area contributed by atoms with Crippen LogP contribution in [-0.4, -0.2) is 39.4 Å². The molecule has 2 N–H and O–H groups in total. The van der Waals surface area contributed by atoms with E-state index in [0.29, 0.717) is 19.0 Å². The molecule has 0 amide bonds. The molecule has 0 radical (unpaired) electrons. The van der Waals surface area contributed by atoms with Gasteiger partial charge in [-0.05, 0) is 30.0 Å². The Morgan fingerprint density at radius 1 is 1.38 bits per heavy atom. The molecular weight excluding hydrogens is 286 g/mol. The molecule has 1 heterocycles. The van der Waals surface area contributed by atoms with E-state index in [1.807, 2.05) is 26.0 Å². The van der Waals surface area contributed by atoms with Crippen LogP contribution in [0.2, 0.25) is 0 Å². The summed E-state index contributed by atoms with van der Waals surface area (Å²) in [6, 6.07) is 8.25. The predicted octanol–water partition coefficient (Wildman–Crippen LogP) is 1.30. The molecule has 0 saturated carbocycles. The van der Waals surface area contributed by atoms with E-state index in [2.05, 4.69) is 22.2 Å². The Hall–Kier alpha value is -0.950. The van der Waals surface area contributed by atoms with Crippen molar-refractivity contribution in [1.82, 2.24) is 14.3 Å². The van der Waals surface area contributed by atoms with Gasteiger partial charge in [-0.2, -0.15) is 12.7 Å². The molecule has 1 aliphatic rings. The molecule has 0 aromatic heterocycles. The third-order valence-corrected chi connectivity index (χ3v) is 5.22. The van der Waals surface area contributed by atoms with Crippen LogP contribution in [0.15, 0.2) is 24.3 Å². The first-order valence-corrected chi connectivity index (χ1v) is 8.86. The molecule has 118 valence electrons. The number of hydrogen-bond donors (Lipinski definition) is 2. The lowest BCUT2D eigenvalue weighted by molar-refractivity contribution is 0.404. The van der Waals surface area contributed by atoms with E-state index in [1.54, 1.807) is 7.05 Å². The van der Waals surface area contributed by atoms with Gasteiger partial charge in [0.05, 0.1) is 0 Å². The first-order valence-electron chi connectivity index (χ1n) is 7.42. The molecule has 21 heavy (non-hydrogen) atoms. The molecule has 1 unspecified atom stereocenters. The second-order valence-corrected chi connectivity index (χ2v) is 7.85. The summed E-state index contributed by atoms with van der Waals surface area (Å²) in [7, 11) is -1.80. The SMILES string of the molecule is CC(C)CN(C)S(=O)(=O)NCC1NCCc2ccccc21. The van der Waals surface area contributed by atoms with E-state index < -0.39 is 10.2 Å². The maximum Gasteiger partial charge on any atom is 0.279 e. The van der Waals surface area contributed by atoms with Crippen molar-refractivity contribution in [1.29, 1.82) is 0 Å². The summed E-state index contributed by atoms with van der Waals surface area (Å²) in [5, 5.41) is 3.38. The van der Waals surface area contributed by atoms with E-state index in [1.165, 1.54) is 15.4 Å². The lowest BCUT2D eigenvalue weighted by Gasteiger charge is -2.28. The third-order valence-electron chi connectivity index (χ3n) is 3.72. The highest BCUT2D eigenvalue weighted by atomic mass is 32.2. The highest BCUT2D eigenvalue weighted by Gasteiger charge is 2.23. The van der Waals surface area contributed by atoms with Gasteiger partial charge in [-0.25, -0.2) is 4.72 Å². The summed E-state index contributed by atoms with van der Waals surface area (Å²) in [5.41, 5.74) is 2.49. The molecule has 0 fully saturated rings. The van der Waals surface area contributed by atoms with Gasteiger partial charge < -0.3 is 5.32 Å². The fourth-order valence-corrected chi connectivity index (χ4v) is 3.78. The van der Waals surface area contributed by atoms with E-state index in [0.717, 1.165) is 13.0 Å². The Labute approximate surface area is 127 Å². The highest BCUT2D eigenvalue weighted by molar-refractivity contribution is 7.87. The number of hydrogen-bond acceptors (Lipinski definition) is 3. The first-order chi connectivity index (χ1) is 9.90. The van der Waals surface area contributed by atoms with Crippen molar-refractivity contribution in [2.24, 2.45) is 5.92 Å². The average Bonchev–Trinajstić information content (AvgIpc) is 2.44. The minimum Gasteiger partial charge on any atom is -0.308 e. The fraction of sp³-hybridized carbons (Fsp3) is 0.600. The highest BCUT2D eigenvalue weighted by Crippen LogP contribution is 2.22. The zero-order chi connectivity index (χ0) is 15.5. The van der Waals surface area contributed by atoms with Crippen molar-refractivity contribution in [3.8, 4) is 0 Å². The van der Waals surface area contributed by atoms with Crippen LogP contribution in [0.3, 0.4) is 0 Å². The summed E-state index contributed by atoms with van der Waals surface area (Å²) in [4.78, 5) is 0. The molecule has 0 spiro atoms. The molecule has 1 aliphatic heterocycles. The summed E-state index contributed by atoms with van der Waals surface area (Å²) >= 11 is 0. The number of fused-ring (bicyclic) bond motifs is 1. The maximum absolute atomic E-state index is 12.2. The zero-order valence-electron chi connectivity index (χ0n) is 13.0. The smallest absolute Gasteiger partial charge is 0.279 e. The van der Waals surface area contributed by atoms with Crippen molar-refractivity contribution in [3.63, 3.8) is 0 Å². The Morgan fingerprint density at radius 2 is 2.10 bits per heavy atom. The maximum atomic E-state index is 12.2. The van der Waals surface area contributed by atoms with E-state index in [9.17, 15) is 8.42 Å². The lowest BCUT2D eigenvalue weighted by Crippen LogP contribution is -2.44. The Kier molecular flexibility index (Phi) is 5.37. The van der Waals surface area contributed by atoms with Crippen molar-refractivity contribution in [2.75, 3.05) is 26.7 Å². The predicted molar refractivity (Wildman–Crippen MR) is 85.3 cm³/mol. The van der Waals surface area contributed by atoms with Crippen LogP contribution in [-0.2, 0) is 16.6 Å². The van der Waals surface area contributed by atoms with Crippen molar-refractivity contribution < 1.29 is 8.42 Å². The van der Waals surface area contributed by atoms with Gasteiger partial charge >= 0.3 is 0 Å². The topological polar surface area (TPSA) is 61.4 Å². The fourth-order valence-electron chi connectivity index (χ4n) is 2.69. The normalized spacial score (nSPS) is 19.0. The Morgan fingerprint density at radius 3 is 2.81 bits per heavy atom. The molecule has 0 bridgehead atoms. The van der Waals surface area contributed by atoms with Gasteiger partial charge in [0.2, 0.25) is 0 Å². The van der Waals surface area contributed by atoms with Gasteiger partial charge in [0.1, 0.15) is 0 Å². The molecule has 6 heteroatoms. The minimum absolute atomic E-state index is 0.0391. The first kappa shape index (κ1) is 16.4. The van der Waals surface area contributed by atoms with Gasteiger partial charge in [0, 0.05) is 26.2 Å². The molecule has 1 aromatic carbocycles. The molecule has 1 atom stereocenters. The minimum atomic E-state index is -3.41. The zero-order valence-corrected chi connectivity index (χ0v) is 13.8. The largest absolute Gasteiger partial charge is 0.308 e. The molecule has 1 aromatic rings. The van der Waals surface area contributed by atoms with Gasteiger partial charge in [0.15, 0.2) is 0 Å². The second-order valence-electron chi connectivity index (χ2n) is 5.98. The van der Waals surface area contributed by atoms with Crippen LogP contribution in [0, 0.1) is 5.92 Å². The van der Waals surface area contributed by atoms with Crippen LogP contribution in [0.25, 0.3) is 0 Å². The monoisotopic (exact) mass is 311 g/mol. The van der Waals surface area contributed by atoms with Crippen molar-refractivity contribution in [2.45, 2.75) is 26.3 Å². The summed E-state index contributed by atoms with van der Waals surface area (Å²) in [5.74, 6) is 0.306. The summed E-state index contributed by atoms with van der Waals surface area (Å²) < 4.78 is 28.5. The van der Waals surface area contributed by atoms with Gasteiger partial charge in [-0.1, -0.05) is 38.1 Å². The van der Waals surface area contributed by atoms with E-state index in [-0.39, 0.29) is 6.04 Å². The molecule has 2 rings (SSSR count). The quantitative estimate of drug-likeness (QED) is 0.832. The summed E-state index contributed by atoms with van der Waals surface area (Å²) in [6.07, 6.45) is 0.993. The average molecular weight is 311 g/mol. The van der Waals surface area contributed by atoms with E-state index >= 15 is 0 Å². The summed E-state index contributed by atoms with van der Waals surface area (Å²) in [6.45, 7) is 5.78. The molecule has 5 nitrogen and oxygen atoms in total. The number of rotatable bonds is 6. The van der Waals surface area contributed by atoms with Gasteiger partial charge in [0.25, 0.3) is 10.2 Å². The number of benzene rings is 1. The molecule has 0 saturated heterocycles. The third kappa shape index (κ3) is 4.26. The second kappa shape index (κ2) is 6.87. The van der Waals surface area contributed by atoms with E-state index in [4.69, 9.17) is 0 Å². The number of nitrogens with zero attached hydrogens (tertiary/aromatic N) is 1. The number of nitrogens with one attached hydrogen (secondary N) is 2. The van der Waals surface area contributed by atoms with Crippen LogP contribution in [0.5, 0.6) is 0 Å². The van der Waals surface area contributed by atoms with Crippen molar-refractivity contribution in [3.05, 3.63) is 35.4 Å². The van der Waals surface area contributed by atoms with Crippen LogP contribution in [0.1, 0.15) is 31.0 Å². The van der Waals surface area contributed by atoms with Crippen molar-refractivity contribution >= 4 is 10.2 Å². The van der Waals surface area contributed by atoms with Crippen LogP contribution >= 0.6 is 0 Å².